The fraction of sp³-hybridized carbons (Fsp3) is 0.650. The third-order valence-electron chi connectivity index (χ3n) is 6.04. The molecule has 5 nitrogen and oxygen atoms in total. The molecule has 0 aromatic heterocycles. The molecule has 6 atom stereocenters. The predicted octanol–water partition coefficient (Wildman–Crippen LogP) is 2.62. The van der Waals surface area contributed by atoms with Crippen LogP contribution in [0.2, 0.25) is 0 Å². The van der Waals surface area contributed by atoms with Crippen molar-refractivity contribution in [3.63, 3.8) is 0 Å². The van der Waals surface area contributed by atoms with Crippen LogP contribution < -0.4 is 4.74 Å². The van der Waals surface area contributed by atoms with Crippen molar-refractivity contribution in [3.8, 4) is 5.75 Å². The number of hydrogen-bond donors (Lipinski definition) is 0. The van der Waals surface area contributed by atoms with E-state index in [2.05, 4.69) is 6.92 Å². The molecule has 4 rings (SSSR count). The maximum absolute atomic E-state index is 12.6. The number of ketones is 1. The number of ether oxygens (including phenoxy) is 4. The molecule has 2 aliphatic heterocycles. The second kappa shape index (κ2) is 6.08. The zero-order valence-corrected chi connectivity index (χ0v) is 15.1. The Labute approximate surface area is 148 Å². The Morgan fingerprint density at radius 2 is 2.00 bits per heavy atom. The summed E-state index contributed by atoms with van der Waals surface area (Å²) in [4.78, 5) is 12.6. The average Bonchev–Trinajstić information content (AvgIpc) is 3.51. The molecule has 1 saturated carbocycles. The summed E-state index contributed by atoms with van der Waals surface area (Å²) in [6, 6.07) is 9.78. The van der Waals surface area contributed by atoms with Gasteiger partial charge in [0.1, 0.15) is 23.1 Å². The van der Waals surface area contributed by atoms with Crippen LogP contribution in [-0.4, -0.2) is 49.5 Å². The maximum atomic E-state index is 12.6. The van der Waals surface area contributed by atoms with Gasteiger partial charge in [-0.3, -0.25) is 4.79 Å². The van der Waals surface area contributed by atoms with E-state index in [1.54, 1.807) is 7.11 Å². The lowest BCUT2D eigenvalue weighted by atomic mass is 9.66. The topological polar surface area (TPSA) is 60.6 Å². The van der Waals surface area contributed by atoms with Crippen molar-refractivity contribution in [1.29, 1.82) is 0 Å². The minimum Gasteiger partial charge on any atom is -0.493 e. The SMILES string of the molecule is CO[C@@H]1C(=O)[C@H](C)C[C@]2(CO2)[C@H]1[C@@]1(C)O[C@@H]1CCOc1ccccc1. The van der Waals surface area contributed by atoms with Crippen LogP contribution in [-0.2, 0) is 19.0 Å². The Kier molecular flexibility index (Phi) is 4.13. The van der Waals surface area contributed by atoms with Crippen molar-refractivity contribution in [2.24, 2.45) is 11.8 Å². The highest BCUT2D eigenvalue weighted by Crippen LogP contribution is 2.59. The molecule has 1 spiro atoms. The molecule has 0 unspecified atom stereocenters. The highest BCUT2D eigenvalue weighted by molar-refractivity contribution is 5.87. The molecule has 2 saturated heterocycles. The molecular weight excluding hydrogens is 320 g/mol. The van der Waals surface area contributed by atoms with E-state index < -0.39 is 6.10 Å². The standard InChI is InChI=1S/C20H26O5/c1-13-11-20(12-24-20)18(17(22-3)16(13)21)19(2)15(25-19)9-10-23-14-7-5-4-6-8-14/h4-8,13,15,17-18H,9-12H2,1-3H3/t13-,15-,17-,18-,19+,20+/m1/s1. The van der Waals surface area contributed by atoms with Gasteiger partial charge in [-0.15, -0.1) is 0 Å². The van der Waals surface area contributed by atoms with Gasteiger partial charge in [0.05, 0.1) is 25.2 Å². The number of benzene rings is 1. The Balaban J connectivity index is 1.41. The number of rotatable bonds is 6. The first-order valence-electron chi connectivity index (χ1n) is 9.06. The molecular formula is C20H26O5. The van der Waals surface area contributed by atoms with Crippen LogP contribution in [0, 0.1) is 11.8 Å². The summed E-state index contributed by atoms with van der Waals surface area (Å²) in [6.07, 6.45) is 1.18. The van der Waals surface area contributed by atoms with Gasteiger partial charge >= 0.3 is 0 Å². The van der Waals surface area contributed by atoms with Crippen LogP contribution in [0.3, 0.4) is 0 Å². The molecule has 0 amide bonds. The van der Waals surface area contributed by atoms with Gasteiger partial charge in [-0.2, -0.15) is 0 Å². The molecule has 3 fully saturated rings. The van der Waals surface area contributed by atoms with E-state index in [1.165, 1.54) is 0 Å². The quantitative estimate of drug-likeness (QED) is 0.741. The summed E-state index contributed by atoms with van der Waals surface area (Å²) < 4.78 is 23.3. The minimum atomic E-state index is -0.448. The van der Waals surface area contributed by atoms with Crippen molar-refractivity contribution in [3.05, 3.63) is 30.3 Å². The van der Waals surface area contributed by atoms with E-state index in [0.29, 0.717) is 13.2 Å². The summed E-state index contributed by atoms with van der Waals surface area (Å²) in [5.41, 5.74) is -0.634. The zero-order chi connectivity index (χ0) is 17.7. The Morgan fingerprint density at radius 3 is 2.64 bits per heavy atom. The molecule has 2 heterocycles. The van der Waals surface area contributed by atoms with E-state index in [-0.39, 0.29) is 34.9 Å². The summed E-state index contributed by atoms with van der Waals surface area (Å²) in [5.74, 6) is 0.967. The maximum Gasteiger partial charge on any atom is 0.164 e. The molecule has 136 valence electrons. The monoisotopic (exact) mass is 346 g/mol. The zero-order valence-electron chi connectivity index (χ0n) is 15.1. The van der Waals surface area contributed by atoms with Crippen LogP contribution in [0.15, 0.2) is 30.3 Å². The molecule has 1 aromatic carbocycles. The smallest absolute Gasteiger partial charge is 0.164 e. The van der Waals surface area contributed by atoms with Gasteiger partial charge in [-0.1, -0.05) is 25.1 Å². The average molecular weight is 346 g/mol. The summed E-state index contributed by atoms with van der Waals surface area (Å²) in [7, 11) is 1.61. The number of hydrogen-bond acceptors (Lipinski definition) is 5. The molecule has 0 N–H and O–H groups in total. The summed E-state index contributed by atoms with van der Waals surface area (Å²) in [5, 5.41) is 0. The van der Waals surface area contributed by atoms with Gasteiger partial charge in [-0.05, 0) is 25.5 Å². The third kappa shape index (κ3) is 2.88. The fourth-order valence-corrected chi connectivity index (χ4v) is 4.62. The van der Waals surface area contributed by atoms with Gasteiger partial charge in [0, 0.05) is 19.4 Å². The Hall–Kier alpha value is -1.43. The Morgan fingerprint density at radius 1 is 1.28 bits per heavy atom. The molecule has 1 aliphatic carbocycles. The molecule has 5 heteroatoms. The summed E-state index contributed by atoms with van der Waals surface area (Å²) >= 11 is 0. The molecule has 1 aromatic rings. The molecule has 3 aliphatic rings. The number of carbonyl (C=O) groups is 1. The second-order valence-corrected chi connectivity index (χ2v) is 7.74. The van der Waals surface area contributed by atoms with E-state index >= 15 is 0 Å². The van der Waals surface area contributed by atoms with Gasteiger partial charge < -0.3 is 18.9 Å². The van der Waals surface area contributed by atoms with Gasteiger partial charge in [0.25, 0.3) is 0 Å². The third-order valence-corrected chi connectivity index (χ3v) is 6.04. The van der Waals surface area contributed by atoms with Gasteiger partial charge in [0.15, 0.2) is 5.78 Å². The van der Waals surface area contributed by atoms with E-state index in [9.17, 15) is 4.79 Å². The second-order valence-electron chi connectivity index (χ2n) is 7.74. The number of carbonyl (C=O) groups excluding carboxylic acids is 1. The number of methoxy groups -OCH3 is 1. The van der Waals surface area contributed by atoms with Crippen molar-refractivity contribution in [2.75, 3.05) is 20.3 Å². The highest BCUT2D eigenvalue weighted by atomic mass is 16.6. The normalized spacial score (nSPS) is 42.4. The molecule has 0 radical (unpaired) electrons. The number of epoxide rings is 2. The lowest BCUT2D eigenvalue weighted by Gasteiger charge is -2.40. The van der Waals surface area contributed by atoms with Crippen LogP contribution in [0.5, 0.6) is 5.75 Å². The van der Waals surface area contributed by atoms with Crippen molar-refractivity contribution in [1.82, 2.24) is 0 Å². The van der Waals surface area contributed by atoms with E-state index in [0.717, 1.165) is 18.6 Å². The lowest BCUT2D eigenvalue weighted by Crippen LogP contribution is -2.55. The van der Waals surface area contributed by atoms with Crippen LogP contribution in [0.25, 0.3) is 0 Å². The van der Waals surface area contributed by atoms with Crippen molar-refractivity contribution in [2.45, 2.75) is 50.1 Å². The van der Waals surface area contributed by atoms with E-state index in [4.69, 9.17) is 18.9 Å². The van der Waals surface area contributed by atoms with Crippen LogP contribution in [0.1, 0.15) is 26.7 Å². The van der Waals surface area contributed by atoms with Crippen molar-refractivity contribution < 1.29 is 23.7 Å². The first-order chi connectivity index (χ1) is 12.0. The van der Waals surface area contributed by atoms with Crippen molar-refractivity contribution >= 4 is 5.78 Å². The van der Waals surface area contributed by atoms with Gasteiger partial charge in [-0.25, -0.2) is 0 Å². The molecule has 0 bridgehead atoms. The largest absolute Gasteiger partial charge is 0.493 e. The van der Waals surface area contributed by atoms with Crippen LogP contribution in [0.4, 0.5) is 0 Å². The fourth-order valence-electron chi connectivity index (χ4n) is 4.62. The summed E-state index contributed by atoms with van der Waals surface area (Å²) in [6.45, 7) is 5.34. The predicted molar refractivity (Wildman–Crippen MR) is 91.6 cm³/mol. The van der Waals surface area contributed by atoms with Crippen LogP contribution >= 0.6 is 0 Å². The highest BCUT2D eigenvalue weighted by Gasteiger charge is 2.72. The molecule has 25 heavy (non-hydrogen) atoms. The number of Topliss-reactive ketones (excluding diaryl/α,β-unsaturated/α-hetero) is 1. The first kappa shape index (κ1) is 17.0. The minimum absolute atomic E-state index is 0.0223. The van der Waals surface area contributed by atoms with Gasteiger partial charge in [0.2, 0.25) is 0 Å². The lowest BCUT2D eigenvalue weighted by molar-refractivity contribution is -0.148. The van der Waals surface area contributed by atoms with E-state index in [1.807, 2.05) is 37.3 Å². The number of para-hydroxylation sites is 1. The Bertz CT molecular complexity index is 641. The first-order valence-corrected chi connectivity index (χ1v) is 9.06.